The Morgan fingerprint density at radius 2 is 1.75 bits per heavy atom. The van der Waals surface area contributed by atoms with E-state index in [1.54, 1.807) is 30.5 Å². The van der Waals surface area contributed by atoms with E-state index in [0.29, 0.717) is 22.0 Å². The molecule has 0 aromatic heterocycles. The fourth-order valence-electron chi connectivity index (χ4n) is 2.87. The quantitative estimate of drug-likeness (QED) is 0.594. The molecule has 0 saturated carbocycles. The first-order chi connectivity index (χ1) is 11.6. The number of fused-ring (bicyclic) bond motifs is 1. The van der Waals surface area contributed by atoms with Crippen molar-refractivity contribution in [2.75, 3.05) is 0 Å². The van der Waals surface area contributed by atoms with Gasteiger partial charge in [-0.15, -0.1) is 0 Å². The summed E-state index contributed by atoms with van der Waals surface area (Å²) in [4.78, 5) is 15.9. The SMILES string of the molecule is Cc1[nH]cc2c(=O)n(-c3ccc(Cl)cc3)nc-2c1-c1ccccc1. The Bertz CT molecular complexity index is 1030. The fourth-order valence-corrected chi connectivity index (χ4v) is 3.00. The Labute approximate surface area is 143 Å². The Morgan fingerprint density at radius 1 is 1.04 bits per heavy atom. The van der Waals surface area contributed by atoms with E-state index < -0.39 is 0 Å². The largest absolute Gasteiger partial charge is 0.364 e. The average molecular weight is 336 g/mol. The molecule has 2 aliphatic heterocycles. The van der Waals surface area contributed by atoms with Crippen molar-refractivity contribution in [2.24, 2.45) is 0 Å². The molecule has 0 atom stereocenters. The summed E-state index contributed by atoms with van der Waals surface area (Å²) < 4.78 is 1.42. The van der Waals surface area contributed by atoms with Crippen molar-refractivity contribution in [3.8, 4) is 28.1 Å². The minimum Gasteiger partial charge on any atom is -0.364 e. The zero-order valence-electron chi connectivity index (χ0n) is 13.0. The number of rotatable bonds is 2. The number of nitrogens with zero attached hydrogens (tertiary/aromatic N) is 2. The van der Waals surface area contributed by atoms with Crippen molar-refractivity contribution >= 4 is 11.6 Å². The molecule has 1 N–H and O–H groups in total. The van der Waals surface area contributed by atoms with Gasteiger partial charge in [-0.3, -0.25) is 4.79 Å². The standard InChI is InChI=1S/C19H14ClN3O/c1-12-17(13-5-3-2-4-6-13)18-16(11-21-12)19(24)23(22-18)15-9-7-14(20)8-10-15/h2-11,21H,1H3. The zero-order valence-corrected chi connectivity index (χ0v) is 13.7. The molecule has 2 heterocycles. The lowest BCUT2D eigenvalue weighted by Crippen LogP contribution is -2.14. The number of aromatic nitrogens is 3. The third-order valence-corrected chi connectivity index (χ3v) is 4.31. The van der Waals surface area contributed by atoms with Gasteiger partial charge in [-0.05, 0) is 36.8 Å². The number of hydrogen-bond donors (Lipinski definition) is 1. The maximum Gasteiger partial charge on any atom is 0.282 e. The van der Waals surface area contributed by atoms with Crippen molar-refractivity contribution in [2.45, 2.75) is 6.92 Å². The van der Waals surface area contributed by atoms with Gasteiger partial charge in [0.15, 0.2) is 0 Å². The normalized spacial score (nSPS) is 11.1. The van der Waals surface area contributed by atoms with E-state index in [1.807, 2.05) is 37.3 Å². The summed E-state index contributed by atoms with van der Waals surface area (Å²) in [6.45, 7) is 1.98. The Balaban J connectivity index is 2.00. The predicted molar refractivity (Wildman–Crippen MR) is 96.0 cm³/mol. The minimum atomic E-state index is -0.152. The van der Waals surface area contributed by atoms with Gasteiger partial charge in [-0.2, -0.15) is 9.78 Å². The van der Waals surface area contributed by atoms with Crippen LogP contribution < -0.4 is 5.56 Å². The molecule has 2 aromatic rings. The van der Waals surface area contributed by atoms with Gasteiger partial charge in [0.05, 0.1) is 11.3 Å². The molecule has 0 fully saturated rings. The highest BCUT2D eigenvalue weighted by molar-refractivity contribution is 6.30. The molecule has 2 aromatic carbocycles. The second-order valence-electron chi connectivity index (χ2n) is 5.61. The number of hydrogen-bond acceptors (Lipinski definition) is 2. The van der Waals surface area contributed by atoms with Gasteiger partial charge in [0.25, 0.3) is 5.56 Å². The van der Waals surface area contributed by atoms with E-state index in [4.69, 9.17) is 11.6 Å². The Morgan fingerprint density at radius 3 is 2.46 bits per heavy atom. The first-order valence-electron chi connectivity index (χ1n) is 7.57. The third-order valence-electron chi connectivity index (χ3n) is 4.06. The van der Waals surface area contributed by atoms with E-state index in [-0.39, 0.29) is 5.56 Å². The molecule has 0 bridgehead atoms. The van der Waals surface area contributed by atoms with Crippen LogP contribution in [0.3, 0.4) is 0 Å². The number of aromatic amines is 1. The summed E-state index contributed by atoms with van der Waals surface area (Å²) >= 11 is 5.93. The monoisotopic (exact) mass is 335 g/mol. The van der Waals surface area contributed by atoms with Crippen LogP contribution in [0.25, 0.3) is 28.1 Å². The van der Waals surface area contributed by atoms with E-state index in [9.17, 15) is 4.79 Å². The molecule has 2 aliphatic rings. The Kier molecular flexibility index (Phi) is 3.47. The van der Waals surface area contributed by atoms with E-state index >= 15 is 0 Å². The van der Waals surface area contributed by atoms with Crippen LogP contribution >= 0.6 is 11.6 Å². The highest BCUT2D eigenvalue weighted by Crippen LogP contribution is 2.32. The molecular weight excluding hydrogens is 322 g/mol. The summed E-state index contributed by atoms with van der Waals surface area (Å²) in [6, 6.07) is 17.0. The summed E-state index contributed by atoms with van der Waals surface area (Å²) in [7, 11) is 0. The molecule has 0 aliphatic carbocycles. The van der Waals surface area contributed by atoms with Gasteiger partial charge in [-0.25, -0.2) is 0 Å². The maximum absolute atomic E-state index is 12.8. The lowest BCUT2D eigenvalue weighted by molar-refractivity contribution is 0.858. The molecule has 5 heteroatoms. The van der Waals surface area contributed by atoms with Gasteiger partial charge < -0.3 is 4.98 Å². The highest BCUT2D eigenvalue weighted by atomic mass is 35.5. The predicted octanol–water partition coefficient (Wildman–Crippen LogP) is 4.29. The van der Waals surface area contributed by atoms with Crippen molar-refractivity contribution < 1.29 is 0 Å². The van der Waals surface area contributed by atoms with Gasteiger partial charge >= 0.3 is 0 Å². The molecule has 4 nitrogen and oxygen atoms in total. The first kappa shape index (κ1) is 14.7. The number of halogens is 1. The summed E-state index contributed by atoms with van der Waals surface area (Å²) in [5, 5.41) is 5.21. The van der Waals surface area contributed by atoms with Crippen molar-refractivity contribution in [1.29, 1.82) is 0 Å². The molecule has 0 spiro atoms. The lowest BCUT2D eigenvalue weighted by atomic mass is 9.99. The third kappa shape index (κ3) is 2.32. The fraction of sp³-hybridized carbons (Fsp3) is 0.0526. The molecule has 0 saturated heterocycles. The molecule has 4 rings (SSSR count). The van der Waals surface area contributed by atoms with Crippen LogP contribution in [-0.4, -0.2) is 14.8 Å². The van der Waals surface area contributed by atoms with Crippen LogP contribution in [0.1, 0.15) is 5.69 Å². The van der Waals surface area contributed by atoms with Crippen molar-refractivity contribution in [3.05, 3.63) is 81.9 Å². The second kappa shape index (κ2) is 5.65. The summed E-state index contributed by atoms with van der Waals surface area (Å²) in [6.07, 6.45) is 1.72. The number of pyridine rings is 1. The van der Waals surface area contributed by atoms with E-state index in [1.165, 1.54) is 4.68 Å². The van der Waals surface area contributed by atoms with Crippen LogP contribution in [0, 0.1) is 6.92 Å². The topological polar surface area (TPSA) is 50.7 Å². The van der Waals surface area contributed by atoms with Crippen LogP contribution in [-0.2, 0) is 0 Å². The van der Waals surface area contributed by atoms with Crippen molar-refractivity contribution in [3.63, 3.8) is 0 Å². The number of nitrogens with one attached hydrogen (secondary N) is 1. The maximum atomic E-state index is 12.8. The number of aryl methyl sites for hydroxylation is 1. The number of benzene rings is 2. The first-order valence-corrected chi connectivity index (χ1v) is 7.95. The van der Waals surface area contributed by atoms with Crippen molar-refractivity contribution in [1.82, 2.24) is 14.8 Å². The average Bonchev–Trinajstić information content (AvgIpc) is 2.93. The highest BCUT2D eigenvalue weighted by Gasteiger charge is 2.22. The second-order valence-corrected chi connectivity index (χ2v) is 6.05. The summed E-state index contributed by atoms with van der Waals surface area (Å²) in [5.74, 6) is 0. The molecular formula is C19H14ClN3O. The van der Waals surface area contributed by atoms with E-state index in [2.05, 4.69) is 10.1 Å². The van der Waals surface area contributed by atoms with Gasteiger partial charge in [0.2, 0.25) is 0 Å². The van der Waals surface area contributed by atoms with Gasteiger partial charge in [-0.1, -0.05) is 41.9 Å². The van der Waals surface area contributed by atoms with Crippen LogP contribution in [0.5, 0.6) is 0 Å². The van der Waals surface area contributed by atoms with Gasteiger partial charge in [0.1, 0.15) is 5.69 Å². The smallest absolute Gasteiger partial charge is 0.282 e. The van der Waals surface area contributed by atoms with Crippen LogP contribution in [0.15, 0.2) is 65.6 Å². The molecule has 0 radical (unpaired) electrons. The van der Waals surface area contributed by atoms with Crippen LogP contribution in [0.4, 0.5) is 0 Å². The lowest BCUT2D eigenvalue weighted by Gasteiger charge is -2.09. The molecule has 118 valence electrons. The number of H-pyrrole nitrogens is 1. The molecule has 0 unspecified atom stereocenters. The zero-order chi connectivity index (χ0) is 16.7. The molecule has 24 heavy (non-hydrogen) atoms. The minimum absolute atomic E-state index is 0.152. The summed E-state index contributed by atoms with van der Waals surface area (Å²) in [5.41, 5.74) is 4.73. The van der Waals surface area contributed by atoms with E-state index in [0.717, 1.165) is 16.8 Å². The van der Waals surface area contributed by atoms with Crippen LogP contribution in [0.2, 0.25) is 5.02 Å². The molecule has 0 amide bonds. The van der Waals surface area contributed by atoms with Gasteiger partial charge in [0, 0.05) is 22.5 Å². The Hall–Kier alpha value is -2.85.